The second-order valence-electron chi connectivity index (χ2n) is 7.67. The molecule has 1 N–H and O–H groups in total. The molecule has 7 nitrogen and oxygen atoms in total. The van der Waals surface area contributed by atoms with Crippen molar-refractivity contribution in [2.45, 2.75) is 50.6 Å². The summed E-state index contributed by atoms with van der Waals surface area (Å²) in [5.74, 6) is -0.389. The Morgan fingerprint density at radius 2 is 1.71 bits per heavy atom. The van der Waals surface area contributed by atoms with Crippen LogP contribution in [0.1, 0.15) is 55.2 Å². The van der Waals surface area contributed by atoms with Crippen LogP contribution in [0.3, 0.4) is 0 Å². The largest absolute Gasteiger partial charge is 0.344 e. The van der Waals surface area contributed by atoms with E-state index in [0.717, 1.165) is 31.1 Å². The Kier molecular flexibility index (Phi) is 6.90. The van der Waals surface area contributed by atoms with Gasteiger partial charge in [-0.1, -0.05) is 50.1 Å². The fraction of sp³-hybridized carbons (Fsp3) is 0.348. The molecule has 2 aromatic carbocycles. The van der Waals surface area contributed by atoms with Crippen LogP contribution < -0.4 is 10.9 Å². The molecule has 1 heterocycles. The number of nitrogens with one attached hydrogen (secondary N) is 1. The van der Waals surface area contributed by atoms with E-state index in [2.05, 4.69) is 17.3 Å². The number of nitrogens with zero attached hydrogens (tertiary/aromatic N) is 2. The minimum absolute atomic E-state index is 0.200. The molecule has 0 aliphatic rings. The standard InChI is InChI=1S/C23H27N3O4S/c1-4-5-8-15-26-23(28)20-10-7-6-9-19(20)21(25-26)22(27)24-16(2)17-11-13-18(14-12-17)31(3,29)30/h6-7,9-14,16H,4-5,8,15H2,1-3H3,(H,24,27). The summed E-state index contributed by atoms with van der Waals surface area (Å²) in [7, 11) is -3.28. The molecule has 1 unspecified atom stereocenters. The van der Waals surface area contributed by atoms with E-state index in [-0.39, 0.29) is 28.1 Å². The lowest BCUT2D eigenvalue weighted by molar-refractivity contribution is 0.0934. The maximum atomic E-state index is 13.1. The first-order valence-corrected chi connectivity index (χ1v) is 12.2. The number of aromatic nitrogens is 2. The summed E-state index contributed by atoms with van der Waals surface area (Å²) >= 11 is 0. The zero-order valence-corrected chi connectivity index (χ0v) is 18.8. The Bertz CT molecular complexity index is 1250. The highest BCUT2D eigenvalue weighted by Gasteiger charge is 2.19. The molecule has 31 heavy (non-hydrogen) atoms. The van der Waals surface area contributed by atoms with Crippen LogP contribution in [0.4, 0.5) is 0 Å². The SMILES string of the molecule is CCCCCn1nc(C(=O)NC(C)c2ccc(S(C)(=O)=O)cc2)c2ccccc2c1=O. The van der Waals surface area contributed by atoms with Gasteiger partial charge in [-0.25, -0.2) is 13.1 Å². The molecule has 0 saturated carbocycles. The van der Waals surface area contributed by atoms with E-state index in [1.807, 2.05) is 6.92 Å². The molecule has 1 amide bonds. The number of rotatable bonds is 8. The van der Waals surface area contributed by atoms with Gasteiger partial charge >= 0.3 is 0 Å². The van der Waals surface area contributed by atoms with Gasteiger partial charge in [0.25, 0.3) is 11.5 Å². The fourth-order valence-electron chi connectivity index (χ4n) is 3.42. The van der Waals surface area contributed by atoms with E-state index in [1.54, 1.807) is 36.4 Å². The molecule has 0 bridgehead atoms. The molecule has 0 saturated heterocycles. The molecule has 0 aliphatic heterocycles. The van der Waals surface area contributed by atoms with Gasteiger partial charge in [-0.05, 0) is 37.1 Å². The lowest BCUT2D eigenvalue weighted by atomic mass is 10.1. The molecule has 3 aromatic rings. The van der Waals surface area contributed by atoms with E-state index in [9.17, 15) is 18.0 Å². The zero-order valence-electron chi connectivity index (χ0n) is 18.0. The van der Waals surface area contributed by atoms with Crippen LogP contribution in [0, 0.1) is 0 Å². The van der Waals surface area contributed by atoms with E-state index < -0.39 is 9.84 Å². The van der Waals surface area contributed by atoms with Crippen LogP contribution in [0.2, 0.25) is 0 Å². The normalized spacial score (nSPS) is 12.6. The minimum Gasteiger partial charge on any atom is -0.344 e. The molecule has 8 heteroatoms. The minimum atomic E-state index is -3.28. The summed E-state index contributed by atoms with van der Waals surface area (Å²) in [4.78, 5) is 26.1. The van der Waals surface area contributed by atoms with Gasteiger partial charge in [0.15, 0.2) is 15.5 Å². The van der Waals surface area contributed by atoms with Crippen molar-refractivity contribution in [3.05, 3.63) is 70.1 Å². The van der Waals surface area contributed by atoms with Crippen molar-refractivity contribution >= 4 is 26.5 Å². The summed E-state index contributed by atoms with van der Waals surface area (Å²) in [6.07, 6.45) is 3.96. The van der Waals surface area contributed by atoms with Gasteiger partial charge in [0.1, 0.15) is 0 Å². The number of amides is 1. The van der Waals surface area contributed by atoms with E-state index in [4.69, 9.17) is 0 Å². The molecule has 0 spiro atoms. The molecule has 3 rings (SSSR count). The third kappa shape index (κ3) is 5.19. The van der Waals surface area contributed by atoms with Gasteiger partial charge in [0.2, 0.25) is 0 Å². The van der Waals surface area contributed by atoms with Gasteiger partial charge in [-0.2, -0.15) is 5.10 Å². The number of sulfone groups is 1. The van der Waals surface area contributed by atoms with Crippen LogP contribution in [0.5, 0.6) is 0 Å². The van der Waals surface area contributed by atoms with Crippen molar-refractivity contribution in [2.75, 3.05) is 6.26 Å². The highest BCUT2D eigenvalue weighted by atomic mass is 32.2. The monoisotopic (exact) mass is 441 g/mol. The summed E-state index contributed by atoms with van der Waals surface area (Å²) in [5, 5.41) is 8.26. The molecular weight excluding hydrogens is 414 g/mol. The van der Waals surface area contributed by atoms with Crippen LogP contribution in [0.15, 0.2) is 58.2 Å². The van der Waals surface area contributed by atoms with Gasteiger partial charge < -0.3 is 5.32 Å². The molecular formula is C23H27N3O4S. The summed E-state index contributed by atoms with van der Waals surface area (Å²) < 4.78 is 24.7. The number of fused-ring (bicyclic) bond motifs is 1. The fourth-order valence-corrected chi connectivity index (χ4v) is 4.05. The third-order valence-electron chi connectivity index (χ3n) is 5.21. The van der Waals surface area contributed by atoms with E-state index in [0.29, 0.717) is 17.3 Å². The summed E-state index contributed by atoms with van der Waals surface area (Å²) in [6, 6.07) is 13.0. The quantitative estimate of drug-likeness (QED) is 0.540. The van der Waals surface area contributed by atoms with Crippen molar-refractivity contribution in [2.24, 2.45) is 0 Å². The van der Waals surface area contributed by atoms with Crippen molar-refractivity contribution in [3.8, 4) is 0 Å². The van der Waals surface area contributed by atoms with Crippen molar-refractivity contribution in [1.29, 1.82) is 0 Å². The summed E-state index contributed by atoms with van der Waals surface area (Å²) in [6.45, 7) is 4.35. The van der Waals surface area contributed by atoms with Gasteiger partial charge in [0.05, 0.1) is 16.3 Å². The lowest BCUT2D eigenvalue weighted by Gasteiger charge is -2.16. The Balaban J connectivity index is 1.90. The molecule has 1 aromatic heterocycles. The van der Waals surface area contributed by atoms with Crippen LogP contribution in [-0.4, -0.2) is 30.4 Å². The first-order valence-electron chi connectivity index (χ1n) is 10.3. The predicted octanol–water partition coefficient (Wildman–Crippen LogP) is 3.48. The molecule has 0 radical (unpaired) electrons. The predicted molar refractivity (Wildman–Crippen MR) is 121 cm³/mol. The molecule has 0 fully saturated rings. The second kappa shape index (κ2) is 9.43. The van der Waals surface area contributed by atoms with Crippen molar-refractivity contribution in [3.63, 3.8) is 0 Å². The Hall–Kier alpha value is -3.00. The molecule has 1 atom stereocenters. The van der Waals surface area contributed by atoms with Crippen LogP contribution in [-0.2, 0) is 16.4 Å². The van der Waals surface area contributed by atoms with Gasteiger partial charge in [-0.3, -0.25) is 9.59 Å². The maximum absolute atomic E-state index is 13.1. The molecule has 164 valence electrons. The number of carbonyl (C=O) groups excluding carboxylic acids is 1. The first kappa shape index (κ1) is 22.7. The van der Waals surface area contributed by atoms with Crippen molar-refractivity contribution in [1.82, 2.24) is 15.1 Å². The number of benzene rings is 2. The Morgan fingerprint density at radius 3 is 2.32 bits per heavy atom. The second-order valence-corrected chi connectivity index (χ2v) is 9.68. The van der Waals surface area contributed by atoms with Crippen molar-refractivity contribution < 1.29 is 13.2 Å². The smallest absolute Gasteiger partial charge is 0.274 e. The maximum Gasteiger partial charge on any atom is 0.274 e. The number of hydrogen-bond acceptors (Lipinski definition) is 5. The zero-order chi connectivity index (χ0) is 22.6. The number of unbranched alkanes of at least 4 members (excludes halogenated alkanes) is 2. The van der Waals surface area contributed by atoms with Crippen LogP contribution >= 0.6 is 0 Å². The van der Waals surface area contributed by atoms with E-state index in [1.165, 1.54) is 16.8 Å². The van der Waals surface area contributed by atoms with Crippen LogP contribution in [0.25, 0.3) is 10.8 Å². The van der Waals surface area contributed by atoms with Gasteiger partial charge in [-0.15, -0.1) is 0 Å². The average Bonchev–Trinajstić information content (AvgIpc) is 2.75. The number of carbonyl (C=O) groups is 1. The van der Waals surface area contributed by atoms with E-state index >= 15 is 0 Å². The molecule has 0 aliphatic carbocycles. The average molecular weight is 442 g/mol. The Labute approximate surface area is 182 Å². The Morgan fingerprint density at radius 1 is 1.06 bits per heavy atom. The third-order valence-corrected chi connectivity index (χ3v) is 6.34. The first-order chi connectivity index (χ1) is 14.7. The number of aryl methyl sites for hydroxylation is 1. The summed E-state index contributed by atoms with van der Waals surface area (Å²) in [5.41, 5.74) is 0.764. The number of hydrogen-bond donors (Lipinski definition) is 1. The highest BCUT2D eigenvalue weighted by molar-refractivity contribution is 7.90. The topological polar surface area (TPSA) is 98.1 Å². The lowest BCUT2D eigenvalue weighted by Crippen LogP contribution is -2.32. The highest BCUT2D eigenvalue weighted by Crippen LogP contribution is 2.18. The van der Waals surface area contributed by atoms with Gasteiger partial charge in [0, 0.05) is 18.2 Å².